The monoisotopic (exact) mass is 434 g/mol. The molecular weight excluding hydrogens is 388 g/mol. The van der Waals surface area contributed by atoms with E-state index in [1.807, 2.05) is 0 Å². The molecule has 0 heterocycles. The molecule has 5 nitrogen and oxygen atoms in total. The minimum atomic E-state index is -0.591. The fourth-order valence-electron chi connectivity index (χ4n) is 8.53. The smallest absolute Gasteiger partial charge is 0.118 e. The summed E-state index contributed by atoms with van der Waals surface area (Å²) in [7, 11) is 4.16. The molecule has 4 aliphatic carbocycles. The molecule has 0 aromatic rings. The third-order valence-electron chi connectivity index (χ3n) is 10.4. The van der Waals surface area contributed by atoms with E-state index in [2.05, 4.69) is 44.9 Å². The molecule has 4 rings (SSSR count). The Kier molecular flexibility index (Phi) is 6.53. The van der Waals surface area contributed by atoms with Gasteiger partial charge in [-0.05, 0) is 108 Å². The summed E-state index contributed by atoms with van der Waals surface area (Å²) in [4.78, 5) is 7.84. The van der Waals surface area contributed by atoms with Gasteiger partial charge < -0.3 is 20.0 Å². The summed E-state index contributed by atoms with van der Waals surface area (Å²) in [6, 6.07) is 0. The number of aliphatic hydroxyl groups excluding tert-OH is 1. The lowest BCUT2D eigenvalue weighted by Gasteiger charge is -2.63. The number of aliphatic hydroxyl groups is 2. The average Bonchev–Trinajstić information content (AvgIpc) is 2.99. The molecule has 0 radical (unpaired) electrons. The van der Waals surface area contributed by atoms with Crippen LogP contribution < -0.4 is 0 Å². The van der Waals surface area contributed by atoms with Crippen LogP contribution in [0.1, 0.15) is 85.0 Å². The maximum atomic E-state index is 12.3. The Balaban J connectivity index is 1.48. The van der Waals surface area contributed by atoms with Gasteiger partial charge in [0, 0.05) is 17.9 Å². The SMILES string of the molecule is CC(=NOCCCN(C)C)[C@H]1CC[C@]2(O)[C@@H]3CC[C@@H]4C[C@@H](O)CC[C@]4(C)[C@H]3CC[C@]12C. The number of oxime groups is 1. The molecule has 2 N–H and O–H groups in total. The second kappa shape index (κ2) is 8.61. The van der Waals surface area contributed by atoms with Gasteiger partial charge in [-0.3, -0.25) is 0 Å². The van der Waals surface area contributed by atoms with Crippen molar-refractivity contribution in [1.29, 1.82) is 0 Å². The van der Waals surface area contributed by atoms with Gasteiger partial charge in [-0.15, -0.1) is 0 Å². The van der Waals surface area contributed by atoms with Gasteiger partial charge in [0.1, 0.15) is 6.61 Å². The highest BCUT2D eigenvalue weighted by atomic mass is 16.6. The normalized spacial score (nSPS) is 47.6. The molecule has 0 spiro atoms. The molecule has 4 aliphatic rings. The van der Waals surface area contributed by atoms with Gasteiger partial charge in [-0.1, -0.05) is 19.0 Å². The Morgan fingerprint density at radius 1 is 1.03 bits per heavy atom. The lowest BCUT2D eigenvalue weighted by molar-refractivity contribution is -0.206. The summed E-state index contributed by atoms with van der Waals surface area (Å²) in [5.74, 6) is 1.92. The van der Waals surface area contributed by atoms with E-state index < -0.39 is 5.60 Å². The zero-order valence-electron chi connectivity index (χ0n) is 20.6. The summed E-state index contributed by atoms with van der Waals surface area (Å²) in [5.41, 5.74) is 0.663. The van der Waals surface area contributed by atoms with Gasteiger partial charge in [0.25, 0.3) is 0 Å². The fraction of sp³-hybridized carbons (Fsp3) is 0.962. The molecule has 0 aromatic carbocycles. The summed E-state index contributed by atoms with van der Waals surface area (Å²) in [5, 5.41) is 27.0. The quantitative estimate of drug-likeness (QED) is 0.368. The van der Waals surface area contributed by atoms with Crippen LogP contribution in [0.25, 0.3) is 0 Å². The van der Waals surface area contributed by atoms with E-state index >= 15 is 0 Å². The molecule has 0 unspecified atom stereocenters. The van der Waals surface area contributed by atoms with Crippen molar-refractivity contribution < 1.29 is 15.1 Å². The predicted molar refractivity (Wildman–Crippen MR) is 125 cm³/mol. The zero-order valence-corrected chi connectivity index (χ0v) is 20.6. The Morgan fingerprint density at radius 3 is 2.55 bits per heavy atom. The van der Waals surface area contributed by atoms with Crippen molar-refractivity contribution in [1.82, 2.24) is 4.90 Å². The molecule has 4 saturated carbocycles. The average molecular weight is 435 g/mol. The van der Waals surface area contributed by atoms with Gasteiger partial charge in [-0.2, -0.15) is 0 Å². The minimum Gasteiger partial charge on any atom is -0.396 e. The van der Waals surface area contributed by atoms with E-state index in [-0.39, 0.29) is 16.9 Å². The maximum absolute atomic E-state index is 12.3. The molecule has 8 atom stereocenters. The van der Waals surface area contributed by atoms with Crippen LogP contribution in [-0.4, -0.2) is 59.8 Å². The standard InChI is InChI=1S/C26H46N2O3/c1-18(27-31-16-6-15-28(4)5)21-11-14-26(30)23-8-7-19-17-20(29)9-12-24(19,2)22(23)10-13-25(21,26)3/h19-23,29-30H,6-17H2,1-5H3/t19-,20+,21-,22+,23-,24+,25-,26+/m1/s1. The van der Waals surface area contributed by atoms with E-state index in [4.69, 9.17) is 4.84 Å². The van der Waals surface area contributed by atoms with Crippen LogP contribution in [0.4, 0.5) is 0 Å². The van der Waals surface area contributed by atoms with Crippen molar-refractivity contribution in [3.05, 3.63) is 0 Å². The number of hydrogen-bond acceptors (Lipinski definition) is 5. The van der Waals surface area contributed by atoms with Crippen LogP contribution in [0.2, 0.25) is 0 Å². The maximum Gasteiger partial charge on any atom is 0.118 e. The lowest BCUT2D eigenvalue weighted by atomic mass is 9.43. The number of nitrogens with zero attached hydrogens (tertiary/aromatic N) is 2. The van der Waals surface area contributed by atoms with Crippen molar-refractivity contribution in [3.8, 4) is 0 Å². The number of rotatable bonds is 6. The first-order chi connectivity index (χ1) is 14.6. The van der Waals surface area contributed by atoms with Crippen LogP contribution in [0.5, 0.6) is 0 Å². The minimum absolute atomic E-state index is 0.105. The Hall–Kier alpha value is -0.650. The topological polar surface area (TPSA) is 65.3 Å². The first-order valence-corrected chi connectivity index (χ1v) is 12.8. The molecule has 0 amide bonds. The Labute approximate surface area is 189 Å². The van der Waals surface area contributed by atoms with Gasteiger partial charge in [0.05, 0.1) is 17.4 Å². The van der Waals surface area contributed by atoms with Crippen molar-refractivity contribution in [2.75, 3.05) is 27.2 Å². The van der Waals surface area contributed by atoms with E-state index in [1.165, 1.54) is 12.8 Å². The molecule has 31 heavy (non-hydrogen) atoms. The van der Waals surface area contributed by atoms with Crippen molar-refractivity contribution in [2.24, 2.45) is 39.7 Å². The third kappa shape index (κ3) is 3.87. The molecule has 5 heteroatoms. The van der Waals surface area contributed by atoms with Gasteiger partial charge in [0.15, 0.2) is 0 Å². The first kappa shape index (κ1) is 23.5. The number of fused-ring (bicyclic) bond motifs is 5. The van der Waals surface area contributed by atoms with E-state index in [9.17, 15) is 10.2 Å². The third-order valence-corrected chi connectivity index (χ3v) is 10.4. The van der Waals surface area contributed by atoms with Crippen LogP contribution in [0.15, 0.2) is 5.16 Å². The van der Waals surface area contributed by atoms with Crippen molar-refractivity contribution >= 4 is 5.71 Å². The van der Waals surface area contributed by atoms with Gasteiger partial charge >= 0.3 is 0 Å². The Morgan fingerprint density at radius 2 is 1.81 bits per heavy atom. The van der Waals surface area contributed by atoms with Crippen molar-refractivity contribution in [3.63, 3.8) is 0 Å². The summed E-state index contributed by atoms with van der Waals surface area (Å²) < 4.78 is 0. The lowest BCUT2D eigenvalue weighted by Crippen LogP contribution is -2.62. The summed E-state index contributed by atoms with van der Waals surface area (Å²) in [6.45, 7) is 8.59. The van der Waals surface area contributed by atoms with Gasteiger partial charge in [-0.25, -0.2) is 0 Å². The second-order valence-electron chi connectivity index (χ2n) is 12.1. The van der Waals surface area contributed by atoms with E-state index in [0.717, 1.165) is 63.6 Å². The molecule has 4 fully saturated rings. The highest BCUT2D eigenvalue weighted by Crippen LogP contribution is 2.69. The fourth-order valence-corrected chi connectivity index (χ4v) is 8.53. The summed E-state index contributed by atoms with van der Waals surface area (Å²) >= 11 is 0. The highest BCUT2D eigenvalue weighted by molar-refractivity contribution is 5.85. The van der Waals surface area contributed by atoms with Gasteiger partial charge in [0.2, 0.25) is 0 Å². The van der Waals surface area contributed by atoms with Crippen LogP contribution in [-0.2, 0) is 4.84 Å². The molecule has 0 aliphatic heterocycles. The number of hydrogen-bond donors (Lipinski definition) is 2. The van der Waals surface area contributed by atoms with Crippen molar-refractivity contribution in [2.45, 2.75) is 96.7 Å². The largest absolute Gasteiger partial charge is 0.396 e. The zero-order chi connectivity index (χ0) is 22.4. The van der Waals surface area contributed by atoms with Crippen LogP contribution in [0, 0.1) is 34.5 Å². The molecule has 0 aromatic heterocycles. The second-order valence-corrected chi connectivity index (χ2v) is 12.1. The van der Waals surface area contributed by atoms with E-state index in [0.29, 0.717) is 30.3 Å². The molecular formula is C26H46N2O3. The first-order valence-electron chi connectivity index (χ1n) is 12.8. The Bertz CT molecular complexity index is 682. The van der Waals surface area contributed by atoms with Crippen LogP contribution in [0.3, 0.4) is 0 Å². The molecule has 178 valence electrons. The highest BCUT2D eigenvalue weighted by Gasteiger charge is 2.67. The van der Waals surface area contributed by atoms with Crippen LogP contribution >= 0.6 is 0 Å². The predicted octanol–water partition coefficient (Wildman–Crippen LogP) is 4.47. The molecule has 0 saturated heterocycles. The van der Waals surface area contributed by atoms with E-state index in [1.54, 1.807) is 0 Å². The molecule has 0 bridgehead atoms. The summed E-state index contributed by atoms with van der Waals surface area (Å²) in [6.07, 6.45) is 10.4.